The molecule has 0 N–H and O–H groups in total. The summed E-state index contributed by atoms with van der Waals surface area (Å²) in [6.07, 6.45) is -4.94. The fourth-order valence-electron chi connectivity index (χ4n) is 0.696. The van der Waals surface area contributed by atoms with Gasteiger partial charge < -0.3 is 4.74 Å². The Hall–Kier alpha value is -0.970. The molecule has 1 aromatic carbocycles. The molecule has 0 aromatic heterocycles. The molecule has 6 heteroatoms. The molecule has 1 aromatic rings. The normalized spacial score (nSPS) is 11.5. The van der Waals surface area contributed by atoms with Crippen molar-refractivity contribution in [1.82, 2.24) is 0 Å². The monoisotopic (exact) mass is 214 g/mol. The largest absolute Gasteiger partial charge is 0.573 e. The van der Waals surface area contributed by atoms with Crippen molar-refractivity contribution in [3.63, 3.8) is 0 Å². The smallest absolute Gasteiger partial charge is 0.401 e. The van der Waals surface area contributed by atoms with Crippen molar-refractivity contribution in [2.45, 2.75) is 6.36 Å². The van der Waals surface area contributed by atoms with Crippen LogP contribution in [0.15, 0.2) is 18.2 Å². The van der Waals surface area contributed by atoms with Gasteiger partial charge in [-0.3, -0.25) is 0 Å². The summed E-state index contributed by atoms with van der Waals surface area (Å²) >= 11 is 5.27. The maximum Gasteiger partial charge on any atom is 0.573 e. The first-order valence-electron chi connectivity index (χ1n) is 3.10. The summed E-state index contributed by atoms with van der Waals surface area (Å²) in [6.45, 7) is 0. The zero-order chi connectivity index (χ0) is 10.1. The number of hydrogen-bond acceptors (Lipinski definition) is 1. The minimum atomic E-state index is -4.94. The van der Waals surface area contributed by atoms with E-state index in [9.17, 15) is 17.6 Å². The Kier molecular flexibility index (Phi) is 2.66. The van der Waals surface area contributed by atoms with Crippen LogP contribution < -0.4 is 4.74 Å². The van der Waals surface area contributed by atoms with E-state index in [1.807, 2.05) is 0 Å². The van der Waals surface area contributed by atoms with Crippen LogP contribution in [0.5, 0.6) is 5.75 Å². The SMILES string of the molecule is Fc1cccc(Cl)c1OC(F)(F)F. The van der Waals surface area contributed by atoms with Crippen LogP contribution in [-0.2, 0) is 0 Å². The Labute approximate surface area is 75.9 Å². The van der Waals surface area contributed by atoms with E-state index in [-0.39, 0.29) is 0 Å². The third kappa shape index (κ3) is 2.77. The van der Waals surface area contributed by atoms with Crippen molar-refractivity contribution in [2.75, 3.05) is 0 Å². The molecule has 0 atom stereocenters. The molecule has 0 aliphatic heterocycles. The quantitative estimate of drug-likeness (QED) is 0.651. The van der Waals surface area contributed by atoms with Gasteiger partial charge in [0.2, 0.25) is 0 Å². The van der Waals surface area contributed by atoms with Gasteiger partial charge in [0, 0.05) is 0 Å². The van der Waals surface area contributed by atoms with E-state index in [1.165, 1.54) is 6.07 Å². The summed E-state index contributed by atoms with van der Waals surface area (Å²) in [5.41, 5.74) is 0. The third-order valence-electron chi connectivity index (χ3n) is 1.14. The molecular weight excluding hydrogens is 212 g/mol. The van der Waals surface area contributed by atoms with Gasteiger partial charge in [0.25, 0.3) is 0 Å². The van der Waals surface area contributed by atoms with Crippen LogP contribution in [0.1, 0.15) is 0 Å². The van der Waals surface area contributed by atoms with Crippen LogP contribution in [0.4, 0.5) is 17.6 Å². The summed E-state index contributed by atoms with van der Waals surface area (Å²) in [6, 6.07) is 3.11. The first kappa shape index (κ1) is 10.1. The molecule has 0 unspecified atom stereocenters. The highest BCUT2D eigenvalue weighted by Gasteiger charge is 2.33. The Morgan fingerprint density at radius 2 is 1.85 bits per heavy atom. The molecule has 1 rings (SSSR count). The molecular formula is C7H3ClF4O. The standard InChI is InChI=1S/C7H3ClF4O/c8-4-2-1-3-5(9)6(4)13-7(10,11)12/h1-3H. The second kappa shape index (κ2) is 3.41. The highest BCUT2D eigenvalue weighted by molar-refractivity contribution is 6.32. The summed E-state index contributed by atoms with van der Waals surface area (Å²) in [7, 11) is 0. The number of halogens is 5. The summed E-state index contributed by atoms with van der Waals surface area (Å²) in [4.78, 5) is 0. The molecule has 0 spiro atoms. The fraction of sp³-hybridized carbons (Fsp3) is 0.143. The van der Waals surface area contributed by atoms with Crippen LogP contribution in [0, 0.1) is 5.82 Å². The maximum absolute atomic E-state index is 12.7. The minimum Gasteiger partial charge on any atom is -0.401 e. The van der Waals surface area contributed by atoms with E-state index in [0.717, 1.165) is 12.1 Å². The lowest BCUT2D eigenvalue weighted by Crippen LogP contribution is -2.18. The van der Waals surface area contributed by atoms with Gasteiger partial charge >= 0.3 is 6.36 Å². The van der Waals surface area contributed by atoms with E-state index in [4.69, 9.17) is 11.6 Å². The summed E-state index contributed by atoms with van der Waals surface area (Å²) in [5, 5.41) is -0.419. The van der Waals surface area contributed by atoms with Crippen molar-refractivity contribution >= 4 is 11.6 Å². The van der Waals surface area contributed by atoms with E-state index >= 15 is 0 Å². The van der Waals surface area contributed by atoms with E-state index in [1.54, 1.807) is 0 Å². The van der Waals surface area contributed by atoms with Gasteiger partial charge in [-0.1, -0.05) is 17.7 Å². The predicted octanol–water partition coefficient (Wildman–Crippen LogP) is 3.38. The Morgan fingerprint density at radius 1 is 1.23 bits per heavy atom. The number of ether oxygens (including phenoxy) is 1. The maximum atomic E-state index is 12.7. The third-order valence-corrected chi connectivity index (χ3v) is 1.43. The molecule has 0 saturated heterocycles. The Bertz CT molecular complexity index is 290. The lowest BCUT2D eigenvalue weighted by molar-refractivity contribution is -0.275. The van der Waals surface area contributed by atoms with Gasteiger partial charge in [-0.2, -0.15) is 0 Å². The average molecular weight is 215 g/mol. The number of rotatable bonds is 1. The van der Waals surface area contributed by atoms with Crippen LogP contribution in [0.25, 0.3) is 0 Å². The van der Waals surface area contributed by atoms with Crippen molar-refractivity contribution in [1.29, 1.82) is 0 Å². The fourth-order valence-corrected chi connectivity index (χ4v) is 0.897. The first-order chi connectivity index (χ1) is 5.90. The second-order valence-corrected chi connectivity index (χ2v) is 2.51. The van der Waals surface area contributed by atoms with Gasteiger partial charge in [0.1, 0.15) is 0 Å². The highest BCUT2D eigenvalue weighted by atomic mass is 35.5. The van der Waals surface area contributed by atoms with Crippen LogP contribution in [-0.4, -0.2) is 6.36 Å². The molecule has 0 radical (unpaired) electrons. The summed E-state index contributed by atoms with van der Waals surface area (Å²) < 4.78 is 51.0. The van der Waals surface area contributed by atoms with Crippen molar-refractivity contribution in [3.8, 4) is 5.75 Å². The molecule has 0 amide bonds. The van der Waals surface area contributed by atoms with Gasteiger partial charge in [-0.05, 0) is 12.1 Å². The number of para-hydroxylation sites is 1. The van der Waals surface area contributed by atoms with Crippen molar-refractivity contribution < 1.29 is 22.3 Å². The van der Waals surface area contributed by atoms with Gasteiger partial charge in [-0.25, -0.2) is 4.39 Å². The van der Waals surface area contributed by atoms with Gasteiger partial charge in [0.05, 0.1) is 5.02 Å². The lowest BCUT2D eigenvalue weighted by Gasteiger charge is -2.10. The van der Waals surface area contributed by atoms with Gasteiger partial charge in [-0.15, -0.1) is 13.2 Å². The molecule has 72 valence electrons. The number of alkyl halides is 3. The molecule has 0 heterocycles. The molecule has 1 nitrogen and oxygen atoms in total. The van der Waals surface area contributed by atoms with Crippen molar-refractivity contribution in [3.05, 3.63) is 29.0 Å². The van der Waals surface area contributed by atoms with E-state index in [2.05, 4.69) is 4.74 Å². The Balaban J connectivity index is 3.00. The molecule has 0 saturated carbocycles. The van der Waals surface area contributed by atoms with Crippen molar-refractivity contribution in [2.24, 2.45) is 0 Å². The highest BCUT2D eigenvalue weighted by Crippen LogP contribution is 2.32. The first-order valence-corrected chi connectivity index (χ1v) is 3.48. The molecule has 0 bridgehead atoms. The minimum absolute atomic E-state index is 0.419. The number of hydrogen-bond donors (Lipinski definition) is 0. The number of benzene rings is 1. The van der Waals surface area contributed by atoms with Gasteiger partial charge in [0.15, 0.2) is 11.6 Å². The van der Waals surface area contributed by atoms with Crippen LogP contribution in [0.2, 0.25) is 5.02 Å². The van der Waals surface area contributed by atoms with E-state index < -0.39 is 23.0 Å². The second-order valence-electron chi connectivity index (χ2n) is 2.10. The molecule has 0 aliphatic carbocycles. The van der Waals surface area contributed by atoms with Crippen LogP contribution in [0.3, 0.4) is 0 Å². The molecule has 0 aliphatic rings. The van der Waals surface area contributed by atoms with Crippen LogP contribution >= 0.6 is 11.6 Å². The Morgan fingerprint density at radius 3 is 2.31 bits per heavy atom. The zero-order valence-corrected chi connectivity index (χ0v) is 6.79. The van der Waals surface area contributed by atoms with E-state index in [0.29, 0.717) is 0 Å². The predicted molar refractivity (Wildman–Crippen MR) is 38.1 cm³/mol. The molecule has 13 heavy (non-hydrogen) atoms. The molecule has 0 fully saturated rings. The summed E-state index contributed by atoms with van der Waals surface area (Å²) in [5.74, 6) is -2.15. The lowest BCUT2D eigenvalue weighted by atomic mass is 10.3. The zero-order valence-electron chi connectivity index (χ0n) is 6.03. The average Bonchev–Trinajstić information content (AvgIpc) is 1.95. The topological polar surface area (TPSA) is 9.23 Å².